The highest BCUT2D eigenvalue weighted by atomic mass is 32.1. The third-order valence-corrected chi connectivity index (χ3v) is 3.37. The van der Waals surface area contributed by atoms with Gasteiger partial charge < -0.3 is 9.84 Å². The fourth-order valence-electron chi connectivity index (χ4n) is 1.72. The maximum atomic E-state index is 11.7. The molecule has 2 rings (SSSR count). The van der Waals surface area contributed by atoms with Gasteiger partial charge in [-0.3, -0.25) is 10.3 Å². The van der Waals surface area contributed by atoms with Crippen molar-refractivity contribution in [3.8, 4) is 0 Å². The second-order valence-electron chi connectivity index (χ2n) is 5.81. The number of aliphatic carboxylic acids is 1. The first kappa shape index (κ1) is 17.6. The van der Waals surface area contributed by atoms with Crippen molar-refractivity contribution in [2.75, 3.05) is 5.32 Å². The molecule has 1 amide bonds. The molecule has 0 spiro atoms. The molecule has 0 aliphatic heterocycles. The molecule has 0 fully saturated rings. The topological polar surface area (TPSA) is 101 Å². The molecular formula is C16H17N3O4S. The molecule has 0 aliphatic rings. The summed E-state index contributed by atoms with van der Waals surface area (Å²) in [5.41, 5.74) is 0.278. The Hall–Kier alpha value is -2.74. The summed E-state index contributed by atoms with van der Waals surface area (Å²) in [5, 5.41) is 13.7. The number of carbonyl (C=O) groups is 2. The van der Waals surface area contributed by atoms with E-state index < -0.39 is 17.7 Å². The van der Waals surface area contributed by atoms with Crippen molar-refractivity contribution >= 4 is 40.2 Å². The first-order chi connectivity index (χ1) is 11.2. The van der Waals surface area contributed by atoms with Crippen molar-refractivity contribution in [3.05, 3.63) is 41.2 Å². The molecule has 0 bridgehead atoms. The largest absolute Gasteiger partial charge is 0.478 e. The normalized spacial score (nSPS) is 11.9. The molecule has 2 aromatic rings. The molecular weight excluding hydrogens is 330 g/mol. The van der Waals surface area contributed by atoms with E-state index in [2.05, 4.69) is 15.3 Å². The number of pyridine rings is 1. The fraction of sp³-hybridized carbons (Fsp3) is 0.250. The van der Waals surface area contributed by atoms with Gasteiger partial charge >= 0.3 is 12.1 Å². The summed E-state index contributed by atoms with van der Waals surface area (Å²) in [5.74, 6) is -1.12. The van der Waals surface area contributed by atoms with E-state index >= 15 is 0 Å². The number of anilines is 1. The van der Waals surface area contributed by atoms with Crippen molar-refractivity contribution in [1.82, 2.24) is 9.97 Å². The Morgan fingerprint density at radius 1 is 1.38 bits per heavy atom. The third kappa shape index (κ3) is 5.17. The molecule has 0 unspecified atom stereocenters. The highest BCUT2D eigenvalue weighted by Gasteiger charge is 2.19. The molecule has 0 saturated carbocycles. The Kier molecular flexibility index (Phi) is 5.30. The van der Waals surface area contributed by atoms with Crippen LogP contribution in [-0.2, 0) is 9.53 Å². The van der Waals surface area contributed by atoms with Crippen molar-refractivity contribution in [1.29, 1.82) is 0 Å². The number of nitrogens with one attached hydrogen (secondary N) is 1. The number of rotatable bonds is 4. The number of amides is 1. The van der Waals surface area contributed by atoms with Crippen LogP contribution in [0.25, 0.3) is 11.6 Å². The monoisotopic (exact) mass is 347 g/mol. The number of carboxylic acid groups (broad SMARTS) is 1. The lowest BCUT2D eigenvalue weighted by Crippen LogP contribution is -2.27. The molecule has 0 aliphatic carbocycles. The minimum Gasteiger partial charge on any atom is -0.478 e. The Morgan fingerprint density at radius 2 is 2.12 bits per heavy atom. The molecule has 8 heteroatoms. The van der Waals surface area contributed by atoms with Crippen LogP contribution < -0.4 is 5.32 Å². The average Bonchev–Trinajstić information content (AvgIpc) is 2.91. The van der Waals surface area contributed by atoms with E-state index in [0.29, 0.717) is 5.56 Å². The minimum atomic E-state index is -1.12. The fourth-order valence-corrected chi connectivity index (χ4v) is 2.42. The van der Waals surface area contributed by atoms with Crippen LogP contribution in [-0.4, -0.2) is 32.7 Å². The van der Waals surface area contributed by atoms with Crippen molar-refractivity contribution in [3.63, 3.8) is 0 Å². The number of hydrogen-bond acceptors (Lipinski definition) is 6. The van der Waals surface area contributed by atoms with Gasteiger partial charge in [0, 0.05) is 17.8 Å². The zero-order chi connectivity index (χ0) is 17.7. The number of nitrogens with zero attached hydrogens (tertiary/aromatic N) is 2. The molecule has 2 N–H and O–H groups in total. The van der Waals surface area contributed by atoms with Crippen LogP contribution in [0.2, 0.25) is 0 Å². The van der Waals surface area contributed by atoms with Gasteiger partial charge in [0.05, 0.1) is 11.3 Å². The summed E-state index contributed by atoms with van der Waals surface area (Å²) >= 11 is 1.12. The van der Waals surface area contributed by atoms with Crippen LogP contribution in [0.1, 0.15) is 32.0 Å². The number of carboxylic acids is 1. The molecule has 126 valence electrons. The van der Waals surface area contributed by atoms with Gasteiger partial charge in [-0.2, -0.15) is 0 Å². The van der Waals surface area contributed by atoms with E-state index in [1.165, 1.54) is 6.08 Å². The summed E-state index contributed by atoms with van der Waals surface area (Å²) in [6.45, 7) is 5.25. The number of thiazole rings is 1. The van der Waals surface area contributed by atoms with Gasteiger partial charge in [0.15, 0.2) is 5.13 Å². The predicted molar refractivity (Wildman–Crippen MR) is 91.7 cm³/mol. The van der Waals surface area contributed by atoms with Gasteiger partial charge in [-0.25, -0.2) is 14.6 Å². The maximum absolute atomic E-state index is 11.7. The lowest BCUT2D eigenvalue weighted by molar-refractivity contribution is -0.130. The van der Waals surface area contributed by atoms with Gasteiger partial charge in [0.25, 0.3) is 0 Å². The van der Waals surface area contributed by atoms with Crippen LogP contribution in [0.5, 0.6) is 0 Å². The molecule has 2 aromatic heterocycles. The lowest BCUT2D eigenvalue weighted by Gasteiger charge is -2.18. The Balaban J connectivity index is 2.19. The first-order valence-corrected chi connectivity index (χ1v) is 7.93. The molecule has 0 radical (unpaired) electrons. The molecule has 0 saturated heterocycles. The average molecular weight is 347 g/mol. The zero-order valence-corrected chi connectivity index (χ0v) is 14.3. The van der Waals surface area contributed by atoms with Gasteiger partial charge in [0.1, 0.15) is 5.60 Å². The van der Waals surface area contributed by atoms with Gasteiger partial charge in [-0.15, -0.1) is 11.3 Å². The Bertz CT molecular complexity index is 763. The molecule has 0 aromatic carbocycles. The highest BCUT2D eigenvalue weighted by molar-refractivity contribution is 7.14. The molecule has 24 heavy (non-hydrogen) atoms. The standard InChI is InChI=1S/C16H17N3O4S/c1-16(2,3)23-15(22)19-14-18-12(9-24-14)11(13(20)21)7-10-5-4-6-17-8-10/h4-9H,1-3H3,(H,20,21)(H,18,19,22)/b11-7+. The molecule has 0 atom stereocenters. The second-order valence-corrected chi connectivity index (χ2v) is 6.67. The van der Waals surface area contributed by atoms with E-state index in [1.54, 1.807) is 50.7 Å². The van der Waals surface area contributed by atoms with E-state index in [9.17, 15) is 14.7 Å². The highest BCUT2D eigenvalue weighted by Crippen LogP contribution is 2.24. The zero-order valence-electron chi connectivity index (χ0n) is 13.4. The van der Waals surface area contributed by atoms with Crippen molar-refractivity contribution in [2.24, 2.45) is 0 Å². The Labute approximate surface area is 143 Å². The van der Waals surface area contributed by atoms with E-state index in [4.69, 9.17) is 4.74 Å². The maximum Gasteiger partial charge on any atom is 0.413 e. The molecule has 7 nitrogen and oxygen atoms in total. The lowest BCUT2D eigenvalue weighted by atomic mass is 10.1. The van der Waals surface area contributed by atoms with Crippen molar-refractivity contribution in [2.45, 2.75) is 26.4 Å². The van der Waals surface area contributed by atoms with Gasteiger partial charge in [0.2, 0.25) is 0 Å². The summed E-state index contributed by atoms with van der Waals surface area (Å²) in [6.07, 6.45) is 3.98. The smallest absolute Gasteiger partial charge is 0.413 e. The van der Waals surface area contributed by atoms with Crippen LogP contribution in [0.3, 0.4) is 0 Å². The summed E-state index contributed by atoms with van der Waals surface area (Å²) in [4.78, 5) is 31.3. The number of hydrogen-bond donors (Lipinski definition) is 2. The summed E-state index contributed by atoms with van der Waals surface area (Å²) < 4.78 is 5.13. The third-order valence-electron chi connectivity index (χ3n) is 2.61. The quantitative estimate of drug-likeness (QED) is 0.821. The number of ether oxygens (including phenoxy) is 1. The minimum absolute atomic E-state index is 0.0106. The van der Waals surface area contributed by atoms with Gasteiger partial charge in [-0.1, -0.05) is 6.07 Å². The summed E-state index contributed by atoms with van der Waals surface area (Å²) in [7, 11) is 0. The summed E-state index contributed by atoms with van der Waals surface area (Å²) in [6, 6.07) is 3.45. The van der Waals surface area contributed by atoms with E-state index in [0.717, 1.165) is 11.3 Å². The SMILES string of the molecule is CC(C)(C)OC(=O)Nc1nc(/C(=C\c2cccnc2)C(=O)O)cs1. The second kappa shape index (κ2) is 7.22. The van der Waals surface area contributed by atoms with Gasteiger partial charge in [-0.05, 0) is 38.5 Å². The van der Waals surface area contributed by atoms with E-state index in [1.807, 2.05) is 0 Å². The Morgan fingerprint density at radius 3 is 2.71 bits per heavy atom. The van der Waals surface area contributed by atoms with Crippen LogP contribution >= 0.6 is 11.3 Å². The predicted octanol–water partition coefficient (Wildman–Crippen LogP) is 3.51. The van der Waals surface area contributed by atoms with Crippen LogP contribution in [0, 0.1) is 0 Å². The van der Waals surface area contributed by atoms with E-state index in [-0.39, 0.29) is 16.4 Å². The van der Waals surface area contributed by atoms with Crippen LogP contribution in [0.4, 0.5) is 9.93 Å². The van der Waals surface area contributed by atoms with Crippen molar-refractivity contribution < 1.29 is 19.4 Å². The molecule has 2 heterocycles. The van der Waals surface area contributed by atoms with Crippen LogP contribution in [0.15, 0.2) is 29.9 Å². The first-order valence-electron chi connectivity index (χ1n) is 7.05. The number of aromatic nitrogens is 2. The number of carbonyl (C=O) groups excluding carboxylic acids is 1.